The third kappa shape index (κ3) is 5.75. The second kappa shape index (κ2) is 10.8. The minimum absolute atomic E-state index is 0.0825. The van der Waals surface area contributed by atoms with Gasteiger partial charge < -0.3 is 9.73 Å². The monoisotopic (exact) mass is 480 g/mol. The average molecular weight is 481 g/mol. The van der Waals surface area contributed by atoms with E-state index >= 15 is 0 Å². The van der Waals surface area contributed by atoms with Crippen LogP contribution in [0.15, 0.2) is 102 Å². The molecule has 2 aromatic heterocycles. The number of carbonyl (C=O) groups is 1. The summed E-state index contributed by atoms with van der Waals surface area (Å²) in [6.07, 6.45) is 5.95. The number of aryl methyl sites for hydroxylation is 1. The Bertz CT molecular complexity index is 1430. The molecule has 6 nitrogen and oxygen atoms in total. The number of aromatic nitrogens is 3. The lowest BCUT2D eigenvalue weighted by Crippen LogP contribution is -2.23. The van der Waals surface area contributed by atoms with Crippen molar-refractivity contribution in [1.29, 1.82) is 0 Å². The summed E-state index contributed by atoms with van der Waals surface area (Å²) in [6, 6.07) is 24.4. The molecule has 5 rings (SSSR count). The lowest BCUT2D eigenvalue weighted by Gasteiger charge is -2.12. The number of oxazole rings is 1. The van der Waals surface area contributed by atoms with Crippen LogP contribution in [0.3, 0.4) is 0 Å². The molecule has 0 bridgehead atoms. The molecular weight excluding hydrogens is 455 g/mol. The number of nitrogens with zero attached hydrogens (tertiary/aromatic N) is 3. The van der Waals surface area contributed by atoms with Gasteiger partial charge in [-0.15, -0.1) is 0 Å². The van der Waals surface area contributed by atoms with Crippen LogP contribution < -0.4 is 5.32 Å². The lowest BCUT2D eigenvalue weighted by atomic mass is 9.98. The summed E-state index contributed by atoms with van der Waals surface area (Å²) in [5.41, 5.74) is 5.13. The summed E-state index contributed by atoms with van der Waals surface area (Å²) >= 11 is 0. The molecule has 0 saturated heterocycles. The number of hydrogen-bond donors (Lipinski definition) is 1. The Kier molecular flexibility index (Phi) is 6.98. The highest BCUT2D eigenvalue weighted by Gasteiger charge is 2.11. The summed E-state index contributed by atoms with van der Waals surface area (Å²) < 4.78 is 20.7. The van der Waals surface area contributed by atoms with Crippen molar-refractivity contribution in [2.24, 2.45) is 0 Å². The van der Waals surface area contributed by atoms with E-state index in [1.54, 1.807) is 24.5 Å². The van der Waals surface area contributed by atoms with Crippen molar-refractivity contribution in [3.63, 3.8) is 0 Å². The number of amides is 1. The molecule has 0 spiro atoms. The van der Waals surface area contributed by atoms with Crippen LogP contribution in [0, 0.1) is 5.82 Å². The highest BCUT2D eigenvalue weighted by Crippen LogP contribution is 2.25. The van der Waals surface area contributed by atoms with Crippen molar-refractivity contribution < 1.29 is 13.6 Å². The van der Waals surface area contributed by atoms with Gasteiger partial charge in [0.25, 0.3) is 0 Å². The smallest absolute Gasteiger partial charge is 0.220 e. The third-order valence-electron chi connectivity index (χ3n) is 5.91. The van der Waals surface area contributed by atoms with Gasteiger partial charge in [0.1, 0.15) is 5.82 Å². The predicted octanol–water partition coefficient (Wildman–Crippen LogP) is 5.64. The number of hydrogen-bond acceptors (Lipinski definition) is 4. The van der Waals surface area contributed by atoms with Crippen LogP contribution in [-0.4, -0.2) is 20.7 Å². The molecule has 1 amide bonds. The first-order valence-corrected chi connectivity index (χ1v) is 11.8. The Labute approximate surface area is 208 Å². The normalized spacial score (nSPS) is 10.9. The molecule has 0 atom stereocenters. The Morgan fingerprint density at radius 1 is 0.944 bits per heavy atom. The Hall–Kier alpha value is -4.52. The van der Waals surface area contributed by atoms with E-state index in [1.165, 1.54) is 17.7 Å². The summed E-state index contributed by atoms with van der Waals surface area (Å²) in [6.45, 7) is 1.15. The Balaban J connectivity index is 1.16. The molecule has 7 heteroatoms. The van der Waals surface area contributed by atoms with Crippen molar-refractivity contribution in [3.8, 4) is 22.5 Å². The minimum atomic E-state index is -0.306. The lowest BCUT2D eigenvalue weighted by molar-refractivity contribution is -0.121. The molecule has 0 aliphatic carbocycles. The first kappa shape index (κ1) is 23.2. The van der Waals surface area contributed by atoms with Gasteiger partial charge in [-0.05, 0) is 52.6 Å². The van der Waals surface area contributed by atoms with E-state index in [-0.39, 0.29) is 18.1 Å². The molecule has 180 valence electrons. The summed E-state index contributed by atoms with van der Waals surface area (Å²) in [5.74, 6) is 0.634. The number of halogens is 1. The summed E-state index contributed by atoms with van der Waals surface area (Å²) in [4.78, 5) is 16.8. The topological polar surface area (TPSA) is 73.0 Å². The molecule has 2 heterocycles. The van der Waals surface area contributed by atoms with Crippen molar-refractivity contribution in [2.45, 2.75) is 25.9 Å². The zero-order valence-electron chi connectivity index (χ0n) is 19.6. The van der Waals surface area contributed by atoms with Gasteiger partial charge in [0.05, 0.1) is 12.7 Å². The third-order valence-corrected chi connectivity index (χ3v) is 5.91. The first-order chi connectivity index (χ1) is 17.6. The molecule has 0 unspecified atom stereocenters. The quantitative estimate of drug-likeness (QED) is 0.296. The molecule has 1 N–H and O–H groups in total. The van der Waals surface area contributed by atoms with E-state index in [1.807, 2.05) is 35.1 Å². The van der Waals surface area contributed by atoms with E-state index < -0.39 is 0 Å². The maximum absolute atomic E-state index is 13.1. The highest BCUT2D eigenvalue weighted by atomic mass is 19.1. The molecule has 0 aliphatic heterocycles. The average Bonchev–Trinajstić information content (AvgIpc) is 3.60. The number of carbonyl (C=O) groups excluding carboxylic acids is 1. The van der Waals surface area contributed by atoms with Gasteiger partial charge >= 0.3 is 0 Å². The van der Waals surface area contributed by atoms with Gasteiger partial charge in [-0.2, -0.15) is 5.10 Å². The van der Waals surface area contributed by atoms with Crippen LogP contribution in [0.1, 0.15) is 23.4 Å². The Morgan fingerprint density at radius 3 is 2.50 bits per heavy atom. The Morgan fingerprint density at radius 2 is 1.72 bits per heavy atom. The molecule has 36 heavy (non-hydrogen) atoms. The minimum Gasteiger partial charge on any atom is -0.441 e. The van der Waals surface area contributed by atoms with Gasteiger partial charge in [-0.25, -0.2) is 9.37 Å². The van der Waals surface area contributed by atoms with Gasteiger partial charge in [0.15, 0.2) is 11.7 Å². The van der Waals surface area contributed by atoms with Crippen molar-refractivity contribution in [3.05, 3.63) is 120 Å². The SMILES string of the molecule is O=C(CCc1ncc(-c2ccc(F)cc2)o1)NCc1ccccc1-c1ccc(Cn2cccn2)cc1. The van der Waals surface area contributed by atoms with Crippen LogP contribution in [-0.2, 0) is 24.3 Å². The predicted molar refractivity (Wildman–Crippen MR) is 135 cm³/mol. The fourth-order valence-corrected chi connectivity index (χ4v) is 4.00. The van der Waals surface area contributed by atoms with Gasteiger partial charge in [-0.1, -0.05) is 48.5 Å². The van der Waals surface area contributed by atoms with E-state index in [0.717, 1.165) is 28.8 Å². The number of benzene rings is 3. The van der Waals surface area contributed by atoms with Gasteiger partial charge in [-0.3, -0.25) is 9.48 Å². The highest BCUT2D eigenvalue weighted by molar-refractivity contribution is 5.76. The standard InChI is InChI=1S/C29H25FN4O2/c30-25-12-10-23(11-13-25)27-19-32-29(36-27)15-14-28(35)31-18-24-4-1-2-5-26(24)22-8-6-21(7-9-22)20-34-17-3-16-33-34/h1-13,16-17,19H,14-15,18,20H2,(H,31,35). The molecule has 3 aromatic carbocycles. The van der Waals surface area contributed by atoms with Crippen LogP contribution in [0.4, 0.5) is 4.39 Å². The maximum Gasteiger partial charge on any atom is 0.220 e. The van der Waals surface area contributed by atoms with Crippen molar-refractivity contribution in [2.75, 3.05) is 0 Å². The second-order valence-corrected chi connectivity index (χ2v) is 8.46. The molecule has 0 aliphatic rings. The largest absolute Gasteiger partial charge is 0.441 e. The van der Waals surface area contributed by atoms with Crippen LogP contribution in [0.2, 0.25) is 0 Å². The zero-order chi connectivity index (χ0) is 24.7. The van der Waals surface area contributed by atoms with E-state index in [9.17, 15) is 9.18 Å². The van der Waals surface area contributed by atoms with E-state index in [4.69, 9.17) is 4.42 Å². The molecule has 0 saturated carbocycles. The van der Waals surface area contributed by atoms with Crippen LogP contribution >= 0.6 is 0 Å². The second-order valence-electron chi connectivity index (χ2n) is 8.46. The fourth-order valence-electron chi connectivity index (χ4n) is 4.00. The first-order valence-electron chi connectivity index (χ1n) is 11.8. The summed E-state index contributed by atoms with van der Waals surface area (Å²) in [7, 11) is 0. The molecular formula is C29H25FN4O2. The number of rotatable bonds is 9. The molecule has 5 aromatic rings. The molecule has 0 fully saturated rings. The zero-order valence-corrected chi connectivity index (χ0v) is 19.6. The van der Waals surface area contributed by atoms with Crippen LogP contribution in [0.5, 0.6) is 0 Å². The van der Waals surface area contributed by atoms with E-state index in [0.29, 0.717) is 24.6 Å². The van der Waals surface area contributed by atoms with E-state index in [2.05, 4.69) is 45.7 Å². The number of nitrogens with one attached hydrogen (secondary N) is 1. The maximum atomic E-state index is 13.1. The van der Waals surface area contributed by atoms with Gasteiger partial charge in [0.2, 0.25) is 5.91 Å². The van der Waals surface area contributed by atoms with Crippen molar-refractivity contribution >= 4 is 5.91 Å². The van der Waals surface area contributed by atoms with Crippen molar-refractivity contribution in [1.82, 2.24) is 20.1 Å². The summed E-state index contributed by atoms with van der Waals surface area (Å²) in [5, 5.41) is 7.26. The van der Waals surface area contributed by atoms with Crippen LogP contribution in [0.25, 0.3) is 22.5 Å². The molecule has 0 radical (unpaired) electrons. The van der Waals surface area contributed by atoms with Gasteiger partial charge in [0, 0.05) is 37.3 Å². The fraction of sp³-hybridized carbons (Fsp3) is 0.138.